The minimum atomic E-state index is -1.38. The van der Waals surface area contributed by atoms with Crippen molar-refractivity contribution in [2.24, 2.45) is 0 Å². The highest BCUT2D eigenvalue weighted by atomic mass is 16.6. The number of carbonyl (C=O) groups excluding carboxylic acids is 4. The molecule has 0 heterocycles. The van der Waals surface area contributed by atoms with Gasteiger partial charge in [0.15, 0.2) is 0 Å². The van der Waals surface area contributed by atoms with Crippen LogP contribution in [0.15, 0.2) is 0 Å². The summed E-state index contributed by atoms with van der Waals surface area (Å²) in [5.74, 6) is -2.80. The maximum absolute atomic E-state index is 11.5. The third-order valence-corrected chi connectivity index (χ3v) is 1.87. The summed E-state index contributed by atoms with van der Waals surface area (Å²) in [6.07, 6.45) is -2.28. The Kier molecular flexibility index (Phi) is 8.15. The Morgan fingerprint density at radius 3 is 2.00 bits per heavy atom. The van der Waals surface area contributed by atoms with Gasteiger partial charge in [-0.2, -0.15) is 0 Å². The zero-order valence-electron chi connectivity index (χ0n) is 11.3. The normalized spacial score (nSPS) is 11.3. The van der Waals surface area contributed by atoms with Crippen molar-refractivity contribution in [3.63, 3.8) is 0 Å². The standard InChI is InChI=1S/C12H18O7/c1-4-17-10(14)7-9(12(16)18-5-2)19-11(15)6-8(3)13/h9H,4-7H2,1-3H3. The molecular weight excluding hydrogens is 256 g/mol. The second kappa shape index (κ2) is 9.07. The zero-order chi connectivity index (χ0) is 14.8. The average molecular weight is 274 g/mol. The summed E-state index contributed by atoms with van der Waals surface area (Å²) < 4.78 is 14.1. The molecule has 0 fully saturated rings. The van der Waals surface area contributed by atoms with E-state index >= 15 is 0 Å². The first-order chi connectivity index (χ1) is 8.90. The maximum atomic E-state index is 11.5. The molecule has 1 atom stereocenters. The van der Waals surface area contributed by atoms with Gasteiger partial charge in [0.1, 0.15) is 12.2 Å². The number of Topliss-reactive ketones (excluding diaryl/α,β-unsaturated/α-hetero) is 1. The quantitative estimate of drug-likeness (QED) is 0.359. The van der Waals surface area contributed by atoms with Crippen LogP contribution in [0.3, 0.4) is 0 Å². The van der Waals surface area contributed by atoms with Crippen molar-refractivity contribution in [2.45, 2.75) is 39.7 Å². The lowest BCUT2D eigenvalue weighted by Gasteiger charge is -2.15. The Balaban J connectivity index is 4.57. The Labute approximate surface area is 111 Å². The van der Waals surface area contributed by atoms with E-state index in [1.54, 1.807) is 13.8 Å². The van der Waals surface area contributed by atoms with Gasteiger partial charge < -0.3 is 14.2 Å². The third kappa shape index (κ3) is 7.91. The highest BCUT2D eigenvalue weighted by Gasteiger charge is 2.28. The Bertz CT molecular complexity index is 348. The van der Waals surface area contributed by atoms with Gasteiger partial charge in [-0.3, -0.25) is 14.4 Å². The molecule has 0 aliphatic heterocycles. The van der Waals surface area contributed by atoms with Gasteiger partial charge >= 0.3 is 17.9 Å². The summed E-state index contributed by atoms with van der Waals surface area (Å²) in [6.45, 7) is 4.64. The smallest absolute Gasteiger partial charge is 0.348 e. The molecule has 7 nitrogen and oxygen atoms in total. The Morgan fingerprint density at radius 2 is 1.53 bits per heavy atom. The number of hydrogen-bond donors (Lipinski definition) is 0. The molecule has 0 aromatic heterocycles. The first kappa shape index (κ1) is 17.1. The van der Waals surface area contributed by atoms with Crippen LogP contribution in [0.5, 0.6) is 0 Å². The van der Waals surface area contributed by atoms with Crippen molar-refractivity contribution < 1.29 is 33.4 Å². The van der Waals surface area contributed by atoms with Crippen LogP contribution >= 0.6 is 0 Å². The second-order valence-corrected chi connectivity index (χ2v) is 3.62. The molecule has 0 spiro atoms. The van der Waals surface area contributed by atoms with E-state index in [4.69, 9.17) is 4.74 Å². The zero-order valence-corrected chi connectivity index (χ0v) is 11.3. The van der Waals surface area contributed by atoms with E-state index in [2.05, 4.69) is 9.47 Å². The topological polar surface area (TPSA) is 96.0 Å². The predicted octanol–water partition coefficient (Wildman–Crippen LogP) is 0.394. The summed E-state index contributed by atoms with van der Waals surface area (Å²) in [6, 6.07) is 0. The molecule has 0 saturated heterocycles. The minimum Gasteiger partial charge on any atom is -0.466 e. The van der Waals surface area contributed by atoms with Crippen LogP contribution in [0.2, 0.25) is 0 Å². The first-order valence-electron chi connectivity index (χ1n) is 5.91. The molecule has 108 valence electrons. The summed E-state index contributed by atoms with van der Waals surface area (Å²) >= 11 is 0. The van der Waals surface area contributed by atoms with Crippen LogP contribution < -0.4 is 0 Å². The fourth-order valence-corrected chi connectivity index (χ4v) is 1.18. The molecule has 0 aliphatic carbocycles. The molecule has 0 aromatic carbocycles. The highest BCUT2D eigenvalue weighted by molar-refractivity contribution is 5.95. The van der Waals surface area contributed by atoms with Gasteiger partial charge in [-0.15, -0.1) is 0 Å². The molecule has 0 radical (unpaired) electrons. The van der Waals surface area contributed by atoms with Crippen molar-refractivity contribution in [2.75, 3.05) is 13.2 Å². The second-order valence-electron chi connectivity index (χ2n) is 3.62. The molecule has 0 aliphatic rings. The number of carbonyl (C=O) groups is 4. The fourth-order valence-electron chi connectivity index (χ4n) is 1.18. The Hall–Kier alpha value is -1.92. The van der Waals surface area contributed by atoms with E-state index < -0.39 is 42.6 Å². The van der Waals surface area contributed by atoms with Crippen LogP contribution in [0.4, 0.5) is 0 Å². The molecule has 0 amide bonds. The fraction of sp³-hybridized carbons (Fsp3) is 0.667. The lowest BCUT2D eigenvalue weighted by molar-refractivity contribution is -0.171. The number of esters is 3. The van der Waals surface area contributed by atoms with Crippen molar-refractivity contribution in [1.82, 2.24) is 0 Å². The molecule has 0 bridgehead atoms. The van der Waals surface area contributed by atoms with Gasteiger partial charge in [0.25, 0.3) is 0 Å². The van der Waals surface area contributed by atoms with Crippen molar-refractivity contribution in [1.29, 1.82) is 0 Å². The van der Waals surface area contributed by atoms with Gasteiger partial charge in [0.2, 0.25) is 6.10 Å². The third-order valence-electron chi connectivity index (χ3n) is 1.87. The van der Waals surface area contributed by atoms with Crippen LogP contribution in [-0.4, -0.2) is 43.0 Å². The molecule has 0 rings (SSSR count). The number of hydrogen-bond acceptors (Lipinski definition) is 7. The minimum absolute atomic E-state index is 0.0857. The van der Waals surface area contributed by atoms with Crippen LogP contribution in [-0.2, 0) is 33.4 Å². The van der Waals surface area contributed by atoms with E-state index in [1.165, 1.54) is 6.92 Å². The number of rotatable bonds is 8. The van der Waals surface area contributed by atoms with Crippen molar-refractivity contribution in [3.05, 3.63) is 0 Å². The van der Waals surface area contributed by atoms with Gasteiger partial charge in [0, 0.05) is 0 Å². The molecule has 0 aromatic rings. The van der Waals surface area contributed by atoms with Gasteiger partial charge in [-0.25, -0.2) is 4.79 Å². The molecule has 0 saturated carbocycles. The molecule has 1 unspecified atom stereocenters. The van der Waals surface area contributed by atoms with Gasteiger partial charge in [-0.1, -0.05) is 0 Å². The van der Waals surface area contributed by atoms with E-state index in [1.807, 2.05) is 0 Å². The lowest BCUT2D eigenvalue weighted by Crippen LogP contribution is -2.32. The Morgan fingerprint density at radius 1 is 0.947 bits per heavy atom. The van der Waals surface area contributed by atoms with Gasteiger partial charge in [0.05, 0.1) is 19.6 Å². The molecule has 7 heteroatoms. The van der Waals surface area contributed by atoms with E-state index in [0.717, 1.165) is 0 Å². The maximum Gasteiger partial charge on any atom is 0.348 e. The molecule has 0 N–H and O–H groups in total. The number of ether oxygens (including phenoxy) is 3. The van der Waals surface area contributed by atoms with Crippen LogP contribution in [0.25, 0.3) is 0 Å². The SMILES string of the molecule is CCOC(=O)CC(OC(=O)CC(C)=O)C(=O)OCC. The van der Waals surface area contributed by atoms with E-state index in [-0.39, 0.29) is 13.2 Å². The van der Waals surface area contributed by atoms with E-state index in [9.17, 15) is 19.2 Å². The molecule has 19 heavy (non-hydrogen) atoms. The first-order valence-corrected chi connectivity index (χ1v) is 5.91. The summed E-state index contributed by atoms with van der Waals surface area (Å²) in [4.78, 5) is 44.8. The summed E-state index contributed by atoms with van der Waals surface area (Å²) in [7, 11) is 0. The van der Waals surface area contributed by atoms with Crippen molar-refractivity contribution >= 4 is 23.7 Å². The van der Waals surface area contributed by atoms with Crippen LogP contribution in [0.1, 0.15) is 33.6 Å². The monoisotopic (exact) mass is 274 g/mol. The predicted molar refractivity (Wildman–Crippen MR) is 63.1 cm³/mol. The number of ketones is 1. The van der Waals surface area contributed by atoms with Crippen molar-refractivity contribution in [3.8, 4) is 0 Å². The van der Waals surface area contributed by atoms with Crippen LogP contribution in [0, 0.1) is 0 Å². The lowest BCUT2D eigenvalue weighted by atomic mass is 10.2. The van der Waals surface area contributed by atoms with Gasteiger partial charge in [-0.05, 0) is 20.8 Å². The average Bonchev–Trinajstić information content (AvgIpc) is 2.27. The highest BCUT2D eigenvalue weighted by Crippen LogP contribution is 2.06. The molecular formula is C12H18O7. The summed E-state index contributed by atoms with van der Waals surface area (Å²) in [5, 5.41) is 0. The largest absolute Gasteiger partial charge is 0.466 e. The van der Waals surface area contributed by atoms with E-state index in [0.29, 0.717) is 0 Å². The summed E-state index contributed by atoms with van der Waals surface area (Å²) in [5.41, 5.74) is 0.